The summed E-state index contributed by atoms with van der Waals surface area (Å²) < 4.78 is 48.0. The number of piperidine rings is 1. The molecule has 4 aliphatic rings. The van der Waals surface area contributed by atoms with Crippen LogP contribution in [0.3, 0.4) is 0 Å². The Balaban J connectivity index is 0.860. The van der Waals surface area contributed by atoms with Crippen LogP contribution in [0.5, 0.6) is 17.4 Å². The average molecular weight is 913 g/mol. The van der Waals surface area contributed by atoms with E-state index in [1.165, 1.54) is 23.4 Å². The third-order valence-electron chi connectivity index (χ3n) is 13.7. The van der Waals surface area contributed by atoms with Gasteiger partial charge in [-0.1, -0.05) is 68.4 Å². The summed E-state index contributed by atoms with van der Waals surface area (Å²) in [7, 11) is -4.76. The molecule has 3 N–H and O–H groups in total. The van der Waals surface area contributed by atoms with Crippen molar-refractivity contribution in [1.82, 2.24) is 24.6 Å². The Hall–Kier alpha value is -6.56. The van der Waals surface area contributed by atoms with Gasteiger partial charge in [-0.3, -0.25) is 19.8 Å². The lowest BCUT2D eigenvalue weighted by Gasteiger charge is -2.57. The third-order valence-corrected chi connectivity index (χ3v) is 14.9. The van der Waals surface area contributed by atoms with Gasteiger partial charge in [0, 0.05) is 49.0 Å². The quantitative estimate of drug-likeness (QED) is 0.0788. The summed E-state index contributed by atoms with van der Waals surface area (Å²) in [6.07, 6.45) is 8.09. The molecule has 1 saturated carbocycles. The lowest BCUT2D eigenvalue weighted by Crippen LogP contribution is -2.58. The van der Waals surface area contributed by atoms with Crippen LogP contribution >= 0.6 is 0 Å². The van der Waals surface area contributed by atoms with Crippen LogP contribution in [-0.2, 0) is 21.2 Å². The molecular weight excluding hydrogens is 861 g/mol. The number of hydrogen-bond acceptors (Lipinski definition) is 13. The molecule has 2 saturated heterocycles. The third kappa shape index (κ3) is 8.65. The number of morpholine rings is 1. The minimum Gasteiger partial charge on any atom is -0.474 e. The fraction of sp³-hybridized carbons (Fsp3) is 0.367. The van der Waals surface area contributed by atoms with Gasteiger partial charge in [0.1, 0.15) is 23.8 Å². The van der Waals surface area contributed by atoms with Gasteiger partial charge >= 0.3 is 5.69 Å². The Morgan fingerprint density at radius 1 is 1.00 bits per heavy atom. The lowest BCUT2D eigenvalue weighted by molar-refractivity contribution is -0.384. The van der Waals surface area contributed by atoms with E-state index in [2.05, 4.69) is 72.9 Å². The maximum absolute atomic E-state index is 14.1. The second kappa shape index (κ2) is 17.7. The molecule has 66 heavy (non-hydrogen) atoms. The van der Waals surface area contributed by atoms with Crippen molar-refractivity contribution in [2.75, 3.05) is 49.7 Å². The largest absolute Gasteiger partial charge is 0.474 e. The number of fused-ring (bicyclic) bond motifs is 2. The molecule has 6 heterocycles. The van der Waals surface area contributed by atoms with Crippen molar-refractivity contribution >= 4 is 44.0 Å². The summed E-state index contributed by atoms with van der Waals surface area (Å²) in [6.45, 7) is 8.57. The summed E-state index contributed by atoms with van der Waals surface area (Å²) in [6, 6.07) is 28.3. The van der Waals surface area contributed by atoms with E-state index in [1.54, 1.807) is 24.4 Å². The van der Waals surface area contributed by atoms with E-state index >= 15 is 0 Å². The number of aromatic amines is 1. The smallest absolute Gasteiger partial charge is 0.300 e. The first-order chi connectivity index (χ1) is 31.9. The number of H-pyrrole nitrogens is 1. The van der Waals surface area contributed by atoms with Gasteiger partial charge in [-0.2, -0.15) is 13.4 Å². The van der Waals surface area contributed by atoms with Gasteiger partial charge < -0.3 is 29.4 Å². The molecule has 2 atom stereocenters. The van der Waals surface area contributed by atoms with E-state index < -0.39 is 31.6 Å². The lowest BCUT2D eigenvalue weighted by atomic mass is 9.59. The molecule has 6 aromatic rings. The van der Waals surface area contributed by atoms with Crippen molar-refractivity contribution in [3.8, 4) is 17.4 Å². The molecule has 0 radical (unpaired) electrons. The predicted octanol–water partition coefficient (Wildman–Crippen LogP) is 8.14. The zero-order valence-electron chi connectivity index (χ0n) is 36.8. The highest BCUT2D eigenvalue weighted by Crippen LogP contribution is 2.53. The van der Waals surface area contributed by atoms with E-state index in [0.29, 0.717) is 36.4 Å². The Bertz CT molecular complexity index is 2890. The van der Waals surface area contributed by atoms with Crippen molar-refractivity contribution in [2.45, 2.75) is 75.0 Å². The molecule has 10 rings (SSSR count). The van der Waals surface area contributed by atoms with Crippen LogP contribution in [0.25, 0.3) is 11.0 Å². The first-order valence-electron chi connectivity index (χ1n) is 22.5. The van der Waals surface area contributed by atoms with Gasteiger partial charge in [0.15, 0.2) is 10.7 Å². The highest BCUT2D eigenvalue weighted by atomic mass is 32.2. The summed E-state index contributed by atoms with van der Waals surface area (Å²) >= 11 is 0. The number of carbonyl (C=O) groups excluding carboxylic acids is 1. The summed E-state index contributed by atoms with van der Waals surface area (Å²) in [4.78, 5) is 42.2. The number of pyridine rings is 2. The van der Waals surface area contributed by atoms with Crippen LogP contribution in [0.4, 0.5) is 17.1 Å². The Labute approximate surface area is 382 Å². The summed E-state index contributed by atoms with van der Waals surface area (Å²) in [5, 5.41) is 15.4. The van der Waals surface area contributed by atoms with E-state index in [1.807, 2.05) is 36.4 Å². The number of nitrogens with one attached hydrogen (secondary N) is 3. The number of rotatable bonds is 12. The maximum Gasteiger partial charge on any atom is 0.300 e. The predicted molar refractivity (Wildman–Crippen MR) is 249 cm³/mol. The number of hydrogen-bond donors (Lipinski definition) is 3. The Morgan fingerprint density at radius 3 is 2.58 bits per heavy atom. The van der Waals surface area contributed by atoms with Crippen molar-refractivity contribution in [1.29, 1.82) is 0 Å². The monoisotopic (exact) mass is 912 g/mol. The van der Waals surface area contributed by atoms with Crippen LogP contribution in [0.15, 0.2) is 108 Å². The van der Waals surface area contributed by atoms with E-state index in [-0.39, 0.29) is 47.0 Å². The molecule has 0 unspecified atom stereocenters. The molecule has 3 aliphatic heterocycles. The zero-order chi connectivity index (χ0) is 45.6. The second-order valence-electron chi connectivity index (χ2n) is 18.2. The van der Waals surface area contributed by atoms with Crippen molar-refractivity contribution in [3.63, 3.8) is 0 Å². The number of benzene rings is 3. The molecule has 16 nitrogen and oxygen atoms in total. The zero-order valence-corrected chi connectivity index (χ0v) is 37.6. The molecule has 3 fully saturated rings. The number of carbonyl (C=O) groups is 1. The molecule has 0 bridgehead atoms. The summed E-state index contributed by atoms with van der Waals surface area (Å²) in [5.74, 6) is -0.371. The van der Waals surface area contributed by atoms with Gasteiger partial charge in [0.25, 0.3) is 15.9 Å². The van der Waals surface area contributed by atoms with Crippen LogP contribution in [0.2, 0.25) is 0 Å². The molecule has 3 aromatic carbocycles. The van der Waals surface area contributed by atoms with Gasteiger partial charge in [0.05, 0.1) is 48.0 Å². The first kappa shape index (κ1) is 43.3. The SMILES string of the molecule is CC(C)c1ccccc1[C@@H]1COCCN1C1CC2(CCN(c3ccc(C(=O)NS(=O)(=O)c4cc([N+](=O)[O-])c5c(n4)OC[C@H](Cc4ccccc4)N5)c(Oc4cnc5[nH]ccc5c4)c3)CC2)C1. The number of sulfonamides is 1. The molecule has 3 aromatic heterocycles. The Kier molecular flexibility index (Phi) is 11.6. The van der Waals surface area contributed by atoms with E-state index in [9.17, 15) is 23.3 Å². The molecule has 1 amide bonds. The average Bonchev–Trinajstić information content (AvgIpc) is 3.79. The van der Waals surface area contributed by atoms with Gasteiger partial charge in [0.2, 0.25) is 5.88 Å². The minimum atomic E-state index is -4.76. The number of aromatic nitrogens is 3. The van der Waals surface area contributed by atoms with E-state index in [0.717, 1.165) is 74.6 Å². The maximum atomic E-state index is 14.1. The topological polar surface area (TPSA) is 194 Å². The normalized spacial score (nSPS) is 19.7. The van der Waals surface area contributed by atoms with Gasteiger partial charge in [-0.25, -0.2) is 9.71 Å². The Morgan fingerprint density at radius 2 is 1.79 bits per heavy atom. The van der Waals surface area contributed by atoms with Crippen molar-refractivity contribution < 1.29 is 32.3 Å². The fourth-order valence-electron chi connectivity index (χ4n) is 10.2. The van der Waals surface area contributed by atoms with Crippen LogP contribution in [-0.4, -0.2) is 90.6 Å². The first-order valence-corrected chi connectivity index (χ1v) is 24.0. The van der Waals surface area contributed by atoms with Crippen molar-refractivity contribution in [2.24, 2.45) is 5.41 Å². The molecule has 17 heteroatoms. The van der Waals surface area contributed by atoms with Gasteiger partial charge in [-0.15, -0.1) is 0 Å². The highest BCUT2D eigenvalue weighted by Gasteiger charge is 2.50. The highest BCUT2D eigenvalue weighted by molar-refractivity contribution is 7.90. The second-order valence-corrected chi connectivity index (χ2v) is 19.9. The fourth-order valence-corrected chi connectivity index (χ4v) is 11.2. The van der Waals surface area contributed by atoms with Gasteiger partial charge in [-0.05, 0) is 84.4 Å². The van der Waals surface area contributed by atoms with Crippen LogP contribution < -0.4 is 24.4 Å². The summed E-state index contributed by atoms with van der Waals surface area (Å²) in [5.41, 5.74) is 4.82. The molecule has 1 aliphatic carbocycles. The van der Waals surface area contributed by atoms with Crippen LogP contribution in [0, 0.1) is 15.5 Å². The number of nitro groups is 1. The molecule has 342 valence electrons. The molecular formula is C49H52N8O8S. The standard InChI is InChI=1S/C49H52N8O8S/c1-31(2)38-10-6-7-11-39(38)42-30-63-21-20-56(42)36-26-49(27-36)15-18-55(19-16-49)35-12-13-40(43(24-35)65-37-23-33-14-17-50-46(33)51-28-37)47(58)54-66(61,62)44-25-41(57(59)60)45-48(53-44)64-29-34(52-45)22-32-8-4-3-5-9-32/h3-14,17,23-25,28,31,34,36,42,52H,15-16,18-22,26-27,29-30H2,1-2H3,(H,50,51)(H,54,58)/t34-,42-/m0/s1. The van der Waals surface area contributed by atoms with Crippen LogP contribution in [0.1, 0.15) is 78.5 Å². The number of amides is 1. The number of nitrogens with zero attached hydrogens (tertiary/aromatic N) is 5. The van der Waals surface area contributed by atoms with Crippen molar-refractivity contribution in [3.05, 3.63) is 136 Å². The molecule has 1 spiro atoms. The minimum absolute atomic E-state index is 0.0357. The number of ether oxygens (including phenoxy) is 3. The van der Waals surface area contributed by atoms with E-state index in [4.69, 9.17) is 14.2 Å². The number of anilines is 2.